The molecule has 0 amide bonds. The summed E-state index contributed by atoms with van der Waals surface area (Å²) in [5.41, 5.74) is 0.202. The first-order chi connectivity index (χ1) is 12.2. The molecule has 7 heteroatoms. The van der Waals surface area contributed by atoms with E-state index in [-0.39, 0.29) is 5.54 Å². The number of nitrogens with one attached hydrogen (secondary N) is 1. The molecular weight excluding hydrogens is 334 g/mol. The fraction of sp³-hybridized carbons (Fsp3) is 0.611. The number of pyridine rings is 1. The number of thioether (sulfide) groups is 1. The van der Waals surface area contributed by atoms with Crippen molar-refractivity contribution in [3.8, 4) is 0 Å². The second kappa shape index (κ2) is 8.67. The van der Waals surface area contributed by atoms with Gasteiger partial charge < -0.3 is 9.73 Å². The molecule has 0 spiro atoms. The van der Waals surface area contributed by atoms with Crippen LogP contribution in [0.4, 0.5) is 6.01 Å². The van der Waals surface area contributed by atoms with Crippen LogP contribution in [0.2, 0.25) is 0 Å². The molecule has 0 aliphatic heterocycles. The highest BCUT2D eigenvalue weighted by atomic mass is 32.2. The van der Waals surface area contributed by atoms with Crippen LogP contribution < -0.4 is 5.32 Å². The molecule has 0 aromatic carbocycles. The monoisotopic (exact) mass is 361 g/mol. The highest BCUT2D eigenvalue weighted by Gasteiger charge is 2.35. The van der Waals surface area contributed by atoms with Crippen LogP contribution in [-0.2, 0) is 5.75 Å². The highest BCUT2D eigenvalue weighted by molar-refractivity contribution is 7.98. The van der Waals surface area contributed by atoms with Gasteiger partial charge in [-0.2, -0.15) is 0 Å². The van der Waals surface area contributed by atoms with E-state index >= 15 is 0 Å². The maximum atomic E-state index is 5.77. The molecular formula is C18H27N5OS. The second-order valence-corrected chi connectivity index (χ2v) is 7.67. The van der Waals surface area contributed by atoms with Crippen LogP contribution in [-0.4, -0.2) is 45.8 Å². The smallest absolute Gasteiger partial charge is 0.315 e. The first-order valence-electron chi connectivity index (χ1n) is 9.02. The van der Waals surface area contributed by atoms with Gasteiger partial charge in [-0.25, -0.2) is 0 Å². The Morgan fingerprint density at radius 1 is 1.20 bits per heavy atom. The van der Waals surface area contributed by atoms with Gasteiger partial charge in [-0.3, -0.25) is 9.88 Å². The van der Waals surface area contributed by atoms with Crippen molar-refractivity contribution < 1.29 is 4.42 Å². The maximum Gasteiger partial charge on any atom is 0.315 e. The second-order valence-electron chi connectivity index (χ2n) is 6.63. The molecule has 1 fully saturated rings. The van der Waals surface area contributed by atoms with E-state index in [0.29, 0.717) is 17.7 Å². The lowest BCUT2D eigenvalue weighted by Gasteiger charge is -2.44. The van der Waals surface area contributed by atoms with Crippen LogP contribution in [0.5, 0.6) is 0 Å². The molecule has 3 rings (SSSR count). The Hall–Kier alpha value is -1.60. The number of nitrogens with zero attached hydrogens (tertiary/aromatic N) is 4. The fourth-order valence-electron chi connectivity index (χ4n) is 3.44. The standard InChI is InChI=1S/C18H27N5OS/c1-3-23(2)18(9-5-4-6-10-18)14-20-17-22-21-16(24-17)13-25-15-7-11-19-12-8-15/h7-8,11-12H,3-6,9-10,13-14H2,1-2H3,(H,20,22). The zero-order valence-corrected chi connectivity index (χ0v) is 15.9. The Kier molecular flexibility index (Phi) is 6.31. The molecule has 0 unspecified atom stereocenters. The summed E-state index contributed by atoms with van der Waals surface area (Å²) >= 11 is 1.67. The third-order valence-electron chi connectivity index (χ3n) is 5.12. The normalized spacial score (nSPS) is 16.9. The number of rotatable bonds is 8. The summed E-state index contributed by atoms with van der Waals surface area (Å²) in [4.78, 5) is 7.64. The molecule has 0 saturated heterocycles. The van der Waals surface area contributed by atoms with Gasteiger partial charge in [-0.1, -0.05) is 31.3 Å². The summed E-state index contributed by atoms with van der Waals surface area (Å²) in [6, 6.07) is 4.49. The van der Waals surface area contributed by atoms with Gasteiger partial charge in [0.15, 0.2) is 0 Å². The van der Waals surface area contributed by atoms with Crippen LogP contribution in [0.3, 0.4) is 0 Å². The molecule has 1 saturated carbocycles. The topological polar surface area (TPSA) is 67.1 Å². The largest absolute Gasteiger partial charge is 0.407 e. The van der Waals surface area contributed by atoms with Crippen molar-refractivity contribution in [3.63, 3.8) is 0 Å². The number of anilines is 1. The predicted octanol–water partition coefficient (Wildman–Crippen LogP) is 3.82. The Balaban J connectivity index is 1.55. The van der Waals surface area contributed by atoms with Gasteiger partial charge in [-0.15, -0.1) is 16.9 Å². The van der Waals surface area contributed by atoms with E-state index in [4.69, 9.17) is 4.42 Å². The van der Waals surface area contributed by atoms with Gasteiger partial charge in [0, 0.05) is 29.4 Å². The maximum absolute atomic E-state index is 5.77. The quantitative estimate of drug-likeness (QED) is 0.717. The Bertz CT molecular complexity index is 642. The van der Waals surface area contributed by atoms with Crippen LogP contribution in [0, 0.1) is 0 Å². The van der Waals surface area contributed by atoms with Crippen molar-refractivity contribution in [2.24, 2.45) is 0 Å². The minimum Gasteiger partial charge on any atom is -0.407 e. The molecule has 136 valence electrons. The molecule has 0 atom stereocenters. The average molecular weight is 362 g/mol. The summed E-state index contributed by atoms with van der Waals surface area (Å²) in [6.45, 7) is 4.13. The number of hydrogen-bond donors (Lipinski definition) is 1. The average Bonchev–Trinajstić information content (AvgIpc) is 3.13. The predicted molar refractivity (Wildman–Crippen MR) is 101 cm³/mol. The van der Waals surface area contributed by atoms with Crippen molar-refractivity contribution in [2.75, 3.05) is 25.5 Å². The minimum atomic E-state index is 0.202. The molecule has 1 aliphatic carbocycles. The fourth-order valence-corrected chi connectivity index (χ4v) is 4.16. The Labute approximate surface area is 153 Å². The van der Waals surface area contributed by atoms with E-state index in [1.807, 2.05) is 12.1 Å². The number of likely N-dealkylation sites (N-methyl/N-ethyl adjacent to an activating group) is 1. The van der Waals surface area contributed by atoms with Gasteiger partial charge in [-0.05, 0) is 38.6 Å². The minimum absolute atomic E-state index is 0.202. The van der Waals surface area contributed by atoms with Gasteiger partial charge in [0.1, 0.15) is 0 Å². The van der Waals surface area contributed by atoms with Gasteiger partial charge in [0.2, 0.25) is 5.89 Å². The van der Waals surface area contributed by atoms with Crippen molar-refractivity contribution >= 4 is 17.8 Å². The van der Waals surface area contributed by atoms with Crippen molar-refractivity contribution in [3.05, 3.63) is 30.4 Å². The van der Waals surface area contributed by atoms with E-state index in [2.05, 4.69) is 39.4 Å². The third-order valence-corrected chi connectivity index (χ3v) is 6.11. The summed E-state index contributed by atoms with van der Waals surface area (Å²) < 4.78 is 5.77. The Morgan fingerprint density at radius 2 is 1.96 bits per heavy atom. The lowest BCUT2D eigenvalue weighted by atomic mass is 9.80. The first-order valence-corrected chi connectivity index (χ1v) is 10.0. The summed E-state index contributed by atoms with van der Waals surface area (Å²) in [7, 11) is 2.22. The van der Waals surface area contributed by atoms with Gasteiger partial charge in [0.25, 0.3) is 0 Å². The van der Waals surface area contributed by atoms with Gasteiger partial charge >= 0.3 is 6.01 Å². The molecule has 0 radical (unpaired) electrons. The summed E-state index contributed by atoms with van der Waals surface area (Å²) in [5.74, 6) is 1.31. The molecule has 2 aromatic rings. The zero-order chi connectivity index (χ0) is 17.5. The SMILES string of the molecule is CCN(C)C1(CNc2nnc(CSc3ccncc3)o2)CCCCC1. The zero-order valence-electron chi connectivity index (χ0n) is 15.1. The molecule has 0 bridgehead atoms. The van der Waals surface area contributed by atoms with Gasteiger partial charge in [0.05, 0.1) is 5.75 Å². The van der Waals surface area contributed by atoms with E-state index < -0.39 is 0 Å². The molecule has 1 N–H and O–H groups in total. The van der Waals surface area contributed by atoms with E-state index in [1.54, 1.807) is 24.2 Å². The van der Waals surface area contributed by atoms with E-state index in [0.717, 1.165) is 18.0 Å². The van der Waals surface area contributed by atoms with Crippen LogP contribution in [0.25, 0.3) is 0 Å². The lowest BCUT2D eigenvalue weighted by Crippen LogP contribution is -2.52. The van der Waals surface area contributed by atoms with Crippen LogP contribution in [0.15, 0.2) is 33.8 Å². The lowest BCUT2D eigenvalue weighted by molar-refractivity contribution is 0.0917. The molecule has 6 nitrogen and oxygen atoms in total. The molecule has 2 aromatic heterocycles. The number of hydrogen-bond acceptors (Lipinski definition) is 7. The van der Waals surface area contributed by atoms with Crippen molar-refractivity contribution in [2.45, 2.75) is 55.2 Å². The van der Waals surface area contributed by atoms with Crippen molar-refractivity contribution in [1.82, 2.24) is 20.1 Å². The summed E-state index contributed by atoms with van der Waals surface area (Å²) in [5, 5.41) is 11.7. The van der Waals surface area contributed by atoms with Crippen molar-refractivity contribution in [1.29, 1.82) is 0 Å². The van der Waals surface area contributed by atoms with Crippen LogP contribution >= 0.6 is 11.8 Å². The molecule has 2 heterocycles. The van der Waals surface area contributed by atoms with Crippen LogP contribution in [0.1, 0.15) is 44.9 Å². The molecule has 1 aliphatic rings. The molecule has 25 heavy (non-hydrogen) atoms. The summed E-state index contributed by atoms with van der Waals surface area (Å²) in [6.07, 6.45) is 9.96. The highest BCUT2D eigenvalue weighted by Crippen LogP contribution is 2.33. The van der Waals surface area contributed by atoms with E-state index in [9.17, 15) is 0 Å². The number of aromatic nitrogens is 3. The third kappa shape index (κ3) is 4.73. The first kappa shape index (κ1) is 18.2. The Morgan fingerprint density at radius 3 is 2.68 bits per heavy atom. The van der Waals surface area contributed by atoms with E-state index in [1.165, 1.54) is 32.1 Å².